The molecule has 2 rings (SSSR count). The van der Waals surface area contributed by atoms with E-state index in [2.05, 4.69) is 10.3 Å². The molecule has 20 heavy (non-hydrogen) atoms. The predicted molar refractivity (Wildman–Crippen MR) is 70.6 cm³/mol. The van der Waals surface area contributed by atoms with Crippen LogP contribution in [0.15, 0.2) is 30.6 Å². The van der Waals surface area contributed by atoms with Gasteiger partial charge in [-0.2, -0.15) is 0 Å². The molecule has 2 N–H and O–H groups in total. The quantitative estimate of drug-likeness (QED) is 0.634. The highest BCUT2D eigenvalue weighted by atomic mass is 16.6. The predicted octanol–water partition coefficient (Wildman–Crippen LogP) is 1.64. The van der Waals surface area contributed by atoms with Crippen molar-refractivity contribution in [1.29, 1.82) is 0 Å². The Kier molecular flexibility index (Phi) is 3.65. The first-order valence-electron chi connectivity index (χ1n) is 5.71. The molecule has 0 atom stereocenters. The normalized spacial score (nSPS) is 10.2. The van der Waals surface area contributed by atoms with Crippen LogP contribution < -0.4 is 5.32 Å². The fourth-order valence-electron chi connectivity index (χ4n) is 1.72. The first-order chi connectivity index (χ1) is 9.49. The van der Waals surface area contributed by atoms with Gasteiger partial charge < -0.3 is 15.0 Å². The van der Waals surface area contributed by atoms with Gasteiger partial charge in [0, 0.05) is 31.2 Å². The van der Waals surface area contributed by atoms with Crippen LogP contribution in [0.3, 0.4) is 0 Å². The summed E-state index contributed by atoms with van der Waals surface area (Å²) in [6.07, 6.45) is 3.43. The Balaban J connectivity index is 2.21. The van der Waals surface area contributed by atoms with Crippen molar-refractivity contribution in [3.05, 3.63) is 52.1 Å². The minimum atomic E-state index is -1.33. The summed E-state index contributed by atoms with van der Waals surface area (Å²) in [7, 11) is 1.83. The smallest absolute Gasteiger partial charge is 0.342 e. The fourth-order valence-corrected chi connectivity index (χ4v) is 1.72. The van der Waals surface area contributed by atoms with Gasteiger partial charge in [-0.05, 0) is 12.1 Å². The van der Waals surface area contributed by atoms with Crippen LogP contribution in [-0.4, -0.2) is 25.6 Å². The Bertz CT molecular complexity index is 665. The van der Waals surface area contributed by atoms with E-state index in [1.165, 1.54) is 18.2 Å². The molecular formula is C12H12N4O4. The maximum Gasteiger partial charge on any atom is 0.342 e. The molecular weight excluding hydrogens is 264 g/mol. The van der Waals surface area contributed by atoms with Gasteiger partial charge in [-0.15, -0.1) is 0 Å². The van der Waals surface area contributed by atoms with Gasteiger partial charge in [0.2, 0.25) is 0 Å². The Labute approximate surface area is 113 Å². The maximum atomic E-state index is 10.9. The van der Waals surface area contributed by atoms with Gasteiger partial charge in [0.25, 0.3) is 5.69 Å². The summed E-state index contributed by atoms with van der Waals surface area (Å²) in [6.45, 7) is 0.382. The lowest BCUT2D eigenvalue weighted by atomic mass is 10.1. The SMILES string of the molecule is Cn1ccnc1CNc1ccc(C(=O)O)c([N+](=O)[O-])c1. The standard InChI is InChI=1S/C12H12N4O4/c1-15-5-4-13-11(15)7-14-8-2-3-9(12(17)18)10(6-8)16(19)20/h2-6,14H,7H2,1H3,(H,17,18). The second kappa shape index (κ2) is 5.39. The monoisotopic (exact) mass is 276 g/mol. The number of nitrogens with zero attached hydrogens (tertiary/aromatic N) is 3. The molecule has 1 aromatic carbocycles. The van der Waals surface area contributed by atoms with E-state index in [4.69, 9.17) is 5.11 Å². The number of carboxylic acid groups (broad SMARTS) is 1. The van der Waals surface area contributed by atoms with E-state index in [1.807, 2.05) is 11.6 Å². The van der Waals surface area contributed by atoms with E-state index in [-0.39, 0.29) is 5.56 Å². The number of nitro groups is 1. The average molecular weight is 276 g/mol. The third kappa shape index (κ3) is 2.74. The van der Waals surface area contributed by atoms with Crippen LogP contribution in [0, 0.1) is 10.1 Å². The van der Waals surface area contributed by atoms with Crippen LogP contribution in [0.4, 0.5) is 11.4 Å². The van der Waals surface area contributed by atoms with Crippen LogP contribution in [0.2, 0.25) is 0 Å². The molecule has 8 nitrogen and oxygen atoms in total. The molecule has 2 aromatic rings. The molecule has 0 radical (unpaired) electrons. The van der Waals surface area contributed by atoms with E-state index >= 15 is 0 Å². The molecule has 0 amide bonds. The van der Waals surface area contributed by atoms with Crippen molar-refractivity contribution in [3.8, 4) is 0 Å². The van der Waals surface area contributed by atoms with Crippen molar-refractivity contribution in [2.75, 3.05) is 5.32 Å². The summed E-state index contributed by atoms with van der Waals surface area (Å²) < 4.78 is 1.81. The number of hydrogen-bond donors (Lipinski definition) is 2. The van der Waals surface area contributed by atoms with Gasteiger partial charge in [-0.3, -0.25) is 10.1 Å². The van der Waals surface area contributed by atoms with E-state index in [1.54, 1.807) is 12.4 Å². The molecule has 104 valence electrons. The number of nitrogens with one attached hydrogen (secondary N) is 1. The zero-order chi connectivity index (χ0) is 14.7. The average Bonchev–Trinajstić information content (AvgIpc) is 2.81. The lowest BCUT2D eigenvalue weighted by Crippen LogP contribution is -2.07. The summed E-state index contributed by atoms with van der Waals surface area (Å²) >= 11 is 0. The third-order valence-electron chi connectivity index (χ3n) is 2.80. The number of hydrogen-bond acceptors (Lipinski definition) is 5. The Hall–Kier alpha value is -2.90. The van der Waals surface area contributed by atoms with Crippen molar-refractivity contribution in [1.82, 2.24) is 9.55 Å². The number of imidazole rings is 1. The number of benzene rings is 1. The van der Waals surface area contributed by atoms with Crippen molar-refractivity contribution in [2.45, 2.75) is 6.54 Å². The third-order valence-corrected chi connectivity index (χ3v) is 2.80. The largest absolute Gasteiger partial charge is 0.477 e. The molecule has 0 fully saturated rings. The summed E-state index contributed by atoms with van der Waals surface area (Å²) in [5.74, 6) is -0.567. The summed E-state index contributed by atoms with van der Waals surface area (Å²) in [5.41, 5.74) is -0.315. The molecule has 0 aliphatic heterocycles. The van der Waals surface area contributed by atoms with E-state index in [0.29, 0.717) is 12.2 Å². The number of carbonyl (C=O) groups is 1. The number of carboxylic acids is 1. The van der Waals surface area contributed by atoms with Crippen LogP contribution in [0.1, 0.15) is 16.2 Å². The Morgan fingerprint density at radius 1 is 1.55 bits per heavy atom. The van der Waals surface area contributed by atoms with Crippen molar-refractivity contribution < 1.29 is 14.8 Å². The molecule has 0 unspecified atom stereocenters. The maximum absolute atomic E-state index is 10.9. The van der Waals surface area contributed by atoms with Gasteiger partial charge in [0.15, 0.2) is 0 Å². The zero-order valence-electron chi connectivity index (χ0n) is 10.6. The summed E-state index contributed by atoms with van der Waals surface area (Å²) in [4.78, 5) is 25.1. The molecule has 1 aromatic heterocycles. The van der Waals surface area contributed by atoms with Gasteiger partial charge in [-0.25, -0.2) is 9.78 Å². The summed E-state index contributed by atoms with van der Waals surface area (Å²) in [5, 5.41) is 22.7. The molecule has 0 saturated carbocycles. The molecule has 0 aliphatic rings. The minimum Gasteiger partial charge on any atom is -0.477 e. The second-order valence-corrected chi connectivity index (χ2v) is 4.10. The molecule has 0 bridgehead atoms. The van der Waals surface area contributed by atoms with Crippen molar-refractivity contribution in [2.24, 2.45) is 7.05 Å². The highest BCUT2D eigenvalue weighted by molar-refractivity contribution is 5.93. The topological polar surface area (TPSA) is 110 Å². The number of rotatable bonds is 5. The fraction of sp³-hybridized carbons (Fsp3) is 0.167. The van der Waals surface area contributed by atoms with Crippen molar-refractivity contribution in [3.63, 3.8) is 0 Å². The van der Waals surface area contributed by atoms with Gasteiger partial charge in [0.1, 0.15) is 11.4 Å². The van der Waals surface area contributed by atoms with E-state index < -0.39 is 16.6 Å². The van der Waals surface area contributed by atoms with Crippen LogP contribution in [0.5, 0.6) is 0 Å². The zero-order valence-corrected chi connectivity index (χ0v) is 10.6. The number of aromatic nitrogens is 2. The summed E-state index contributed by atoms with van der Waals surface area (Å²) in [6, 6.07) is 3.90. The van der Waals surface area contributed by atoms with Crippen molar-refractivity contribution >= 4 is 17.3 Å². The minimum absolute atomic E-state index is 0.336. The number of anilines is 1. The second-order valence-electron chi connectivity index (χ2n) is 4.10. The molecule has 0 spiro atoms. The Morgan fingerprint density at radius 3 is 2.85 bits per heavy atom. The highest BCUT2D eigenvalue weighted by Crippen LogP contribution is 2.23. The van der Waals surface area contributed by atoms with Gasteiger partial charge >= 0.3 is 5.97 Å². The number of aryl methyl sites for hydroxylation is 1. The molecule has 8 heteroatoms. The molecule has 0 saturated heterocycles. The van der Waals surface area contributed by atoms with Crippen LogP contribution >= 0.6 is 0 Å². The van der Waals surface area contributed by atoms with Crippen LogP contribution in [0.25, 0.3) is 0 Å². The number of aromatic carboxylic acids is 1. The lowest BCUT2D eigenvalue weighted by Gasteiger charge is -2.07. The first-order valence-corrected chi connectivity index (χ1v) is 5.71. The van der Waals surface area contributed by atoms with E-state index in [9.17, 15) is 14.9 Å². The van der Waals surface area contributed by atoms with Crippen LogP contribution in [-0.2, 0) is 13.6 Å². The van der Waals surface area contributed by atoms with E-state index in [0.717, 1.165) is 5.82 Å². The highest BCUT2D eigenvalue weighted by Gasteiger charge is 2.20. The lowest BCUT2D eigenvalue weighted by molar-refractivity contribution is -0.385. The number of nitro benzene ring substituents is 1. The molecule has 1 heterocycles. The molecule has 0 aliphatic carbocycles. The first kappa shape index (κ1) is 13.5. The van der Waals surface area contributed by atoms with Gasteiger partial charge in [-0.1, -0.05) is 0 Å². The Morgan fingerprint density at radius 2 is 2.30 bits per heavy atom. The van der Waals surface area contributed by atoms with Gasteiger partial charge in [0.05, 0.1) is 11.5 Å².